The number of rotatable bonds is 10. The number of carbonyl (C=O) groups excluding carboxylic acids is 3. The number of amides is 2. The van der Waals surface area contributed by atoms with E-state index in [2.05, 4.69) is 59.2 Å². The maximum atomic E-state index is 14.2. The van der Waals surface area contributed by atoms with Crippen molar-refractivity contribution in [2.24, 2.45) is 11.8 Å². The quantitative estimate of drug-likeness (QED) is 0.150. The number of hydrogen-bond donors (Lipinski definition) is 2. The number of carbonyl (C=O) groups is 3. The van der Waals surface area contributed by atoms with Crippen LogP contribution in [-0.2, 0) is 19.1 Å². The van der Waals surface area contributed by atoms with Crippen molar-refractivity contribution in [2.45, 2.75) is 58.4 Å². The number of dihydropyridines is 1. The van der Waals surface area contributed by atoms with Gasteiger partial charge in [0.2, 0.25) is 5.91 Å². The summed E-state index contributed by atoms with van der Waals surface area (Å²) in [5.41, 5.74) is 4.03. The maximum Gasteiger partial charge on any atom is 0.336 e. The van der Waals surface area contributed by atoms with E-state index in [1.165, 1.54) is 36.4 Å². The monoisotopic (exact) mass is 664 g/mol. The van der Waals surface area contributed by atoms with E-state index in [1.54, 1.807) is 19.9 Å². The zero-order valence-electron chi connectivity index (χ0n) is 28.6. The second kappa shape index (κ2) is 15.3. The van der Waals surface area contributed by atoms with Gasteiger partial charge in [0.05, 0.1) is 23.5 Å². The number of methoxy groups -OCH3 is 1. The lowest BCUT2D eigenvalue weighted by Crippen LogP contribution is -2.54. The molecule has 49 heavy (non-hydrogen) atoms. The highest BCUT2D eigenvalue weighted by Crippen LogP contribution is 2.41. The molecule has 0 radical (unpaired) electrons. The number of hydrogen-bond acceptors (Lipinski definition) is 7. The number of piperidine rings is 1. The lowest BCUT2D eigenvalue weighted by molar-refractivity contribution is -0.384. The number of nitrogens with one attached hydrogen (secondary N) is 2. The van der Waals surface area contributed by atoms with Crippen molar-refractivity contribution < 1.29 is 24.0 Å². The molecule has 2 aliphatic rings. The SMILES string of the molecule is COC(=O)C1=C(C)NC(C)=C(C(=O)NC(C(=O)N2CCC(C(c3ccccc3)c3ccccc3)CC2)C(C)C)C1c1cccc([N+](=O)[O-])c1. The average molecular weight is 665 g/mol. The molecule has 256 valence electrons. The molecule has 5 rings (SSSR count). The Morgan fingerprint density at radius 2 is 1.45 bits per heavy atom. The number of benzene rings is 3. The van der Waals surface area contributed by atoms with Gasteiger partial charge in [0, 0.05) is 48.1 Å². The predicted octanol–water partition coefficient (Wildman–Crippen LogP) is 6.21. The lowest BCUT2D eigenvalue weighted by atomic mass is 9.76. The van der Waals surface area contributed by atoms with Crippen molar-refractivity contribution >= 4 is 23.5 Å². The van der Waals surface area contributed by atoms with Gasteiger partial charge in [0.25, 0.3) is 11.6 Å². The van der Waals surface area contributed by atoms with Crippen molar-refractivity contribution in [3.63, 3.8) is 0 Å². The first-order valence-corrected chi connectivity index (χ1v) is 16.7. The largest absolute Gasteiger partial charge is 0.466 e. The molecule has 2 N–H and O–H groups in total. The molecule has 0 saturated carbocycles. The molecule has 2 amide bonds. The van der Waals surface area contributed by atoms with E-state index in [1.807, 2.05) is 30.9 Å². The molecule has 0 aliphatic carbocycles. The van der Waals surface area contributed by atoms with Crippen molar-refractivity contribution in [2.75, 3.05) is 20.2 Å². The van der Waals surface area contributed by atoms with Crippen LogP contribution in [0.25, 0.3) is 0 Å². The molecule has 10 nitrogen and oxygen atoms in total. The van der Waals surface area contributed by atoms with Gasteiger partial charge < -0.3 is 20.3 Å². The Bertz CT molecular complexity index is 1720. The summed E-state index contributed by atoms with van der Waals surface area (Å²) in [5, 5.41) is 17.8. The van der Waals surface area contributed by atoms with Gasteiger partial charge in [0.15, 0.2) is 0 Å². The number of non-ortho nitro benzene ring substituents is 1. The molecule has 2 heterocycles. The fourth-order valence-corrected chi connectivity index (χ4v) is 7.27. The third-order valence-corrected chi connectivity index (χ3v) is 9.68. The summed E-state index contributed by atoms with van der Waals surface area (Å²) >= 11 is 0. The van der Waals surface area contributed by atoms with E-state index in [0.29, 0.717) is 36.0 Å². The summed E-state index contributed by atoms with van der Waals surface area (Å²) < 4.78 is 5.09. The van der Waals surface area contributed by atoms with Crippen LogP contribution < -0.4 is 10.6 Å². The first-order chi connectivity index (χ1) is 23.5. The zero-order chi connectivity index (χ0) is 35.2. The van der Waals surface area contributed by atoms with Crippen LogP contribution in [0.1, 0.15) is 69.1 Å². The standard InChI is InChI=1S/C39H44N4O6/c1-24(2)36(38(45)42-21-19-29(20-22-42)34(27-13-8-6-9-14-27)28-15-10-7-11-16-28)41-37(44)32-25(3)40-26(4)33(39(46)49-5)35(32)30-17-12-18-31(23-30)43(47)48/h6-18,23-24,29,34-36,40H,19-22H2,1-5H3,(H,41,44). The van der Waals surface area contributed by atoms with E-state index in [9.17, 15) is 24.5 Å². The van der Waals surface area contributed by atoms with Gasteiger partial charge in [-0.2, -0.15) is 0 Å². The smallest absolute Gasteiger partial charge is 0.336 e. The fraction of sp³-hybridized carbons (Fsp3) is 0.359. The molecular weight excluding hydrogens is 620 g/mol. The summed E-state index contributed by atoms with van der Waals surface area (Å²) in [6.07, 6.45) is 1.63. The van der Waals surface area contributed by atoms with Crippen molar-refractivity contribution in [1.29, 1.82) is 0 Å². The summed E-state index contributed by atoms with van der Waals surface area (Å²) in [6.45, 7) is 8.31. The summed E-state index contributed by atoms with van der Waals surface area (Å²) in [5.74, 6) is -2.01. The van der Waals surface area contributed by atoms with Crippen LogP contribution in [-0.4, -0.2) is 53.8 Å². The third kappa shape index (κ3) is 7.58. The van der Waals surface area contributed by atoms with Crippen LogP contribution in [0.5, 0.6) is 0 Å². The van der Waals surface area contributed by atoms with E-state index in [0.717, 1.165) is 12.8 Å². The summed E-state index contributed by atoms with van der Waals surface area (Å²) in [7, 11) is 1.25. The number of allylic oxidation sites excluding steroid dienone is 2. The Balaban J connectivity index is 1.38. The molecule has 1 saturated heterocycles. The molecule has 0 aromatic heterocycles. The van der Waals surface area contributed by atoms with Crippen LogP contribution in [0, 0.1) is 22.0 Å². The van der Waals surface area contributed by atoms with Crippen LogP contribution >= 0.6 is 0 Å². The topological polar surface area (TPSA) is 131 Å². The van der Waals surface area contributed by atoms with Gasteiger partial charge in [-0.25, -0.2) is 4.79 Å². The Labute approximate surface area is 287 Å². The Morgan fingerprint density at radius 1 is 0.878 bits per heavy atom. The van der Waals surface area contributed by atoms with Gasteiger partial charge in [-0.05, 0) is 55.2 Å². The number of nitrogens with zero attached hydrogens (tertiary/aromatic N) is 2. The molecule has 2 unspecified atom stereocenters. The minimum Gasteiger partial charge on any atom is -0.466 e. The molecular formula is C39H44N4O6. The number of nitro benzene ring substituents is 1. The maximum absolute atomic E-state index is 14.2. The zero-order valence-corrected chi connectivity index (χ0v) is 28.6. The Morgan fingerprint density at radius 3 is 1.98 bits per heavy atom. The van der Waals surface area contributed by atoms with Crippen LogP contribution in [0.3, 0.4) is 0 Å². The lowest BCUT2D eigenvalue weighted by Gasteiger charge is -2.39. The van der Waals surface area contributed by atoms with Crippen LogP contribution in [0.4, 0.5) is 5.69 Å². The highest BCUT2D eigenvalue weighted by atomic mass is 16.6. The predicted molar refractivity (Wildman–Crippen MR) is 187 cm³/mol. The van der Waals surface area contributed by atoms with E-state index >= 15 is 0 Å². The second-order valence-electron chi connectivity index (χ2n) is 13.1. The summed E-state index contributed by atoms with van der Waals surface area (Å²) in [6, 6.07) is 26.0. The van der Waals surface area contributed by atoms with E-state index in [4.69, 9.17) is 4.74 Å². The van der Waals surface area contributed by atoms with Crippen molar-refractivity contribution in [1.82, 2.24) is 15.5 Å². The first-order valence-electron chi connectivity index (χ1n) is 16.7. The number of esters is 1. The molecule has 0 bridgehead atoms. The third-order valence-electron chi connectivity index (χ3n) is 9.68. The van der Waals surface area contributed by atoms with Gasteiger partial charge in [-0.1, -0.05) is 86.6 Å². The van der Waals surface area contributed by atoms with Gasteiger partial charge >= 0.3 is 5.97 Å². The van der Waals surface area contributed by atoms with E-state index < -0.39 is 28.8 Å². The first kappa shape index (κ1) is 35.1. The van der Waals surface area contributed by atoms with Crippen LogP contribution in [0.15, 0.2) is 107 Å². The molecule has 10 heteroatoms. The van der Waals surface area contributed by atoms with Crippen molar-refractivity contribution in [3.8, 4) is 0 Å². The number of likely N-dealkylation sites (tertiary alicyclic amines) is 1. The molecule has 1 fully saturated rings. The second-order valence-corrected chi connectivity index (χ2v) is 13.1. The molecule has 2 atom stereocenters. The van der Waals surface area contributed by atoms with Crippen LogP contribution in [0.2, 0.25) is 0 Å². The van der Waals surface area contributed by atoms with Gasteiger partial charge in [0.1, 0.15) is 6.04 Å². The minimum absolute atomic E-state index is 0.161. The normalized spacial score (nSPS) is 17.5. The summed E-state index contributed by atoms with van der Waals surface area (Å²) in [4.78, 5) is 54.4. The van der Waals surface area contributed by atoms with Gasteiger partial charge in [-0.15, -0.1) is 0 Å². The Kier molecular flexibility index (Phi) is 11.0. The fourth-order valence-electron chi connectivity index (χ4n) is 7.27. The molecule has 2 aliphatic heterocycles. The highest BCUT2D eigenvalue weighted by molar-refractivity contribution is 6.03. The molecule has 3 aromatic rings. The number of nitro groups is 1. The average Bonchev–Trinajstić information content (AvgIpc) is 3.11. The number of ether oxygens (including phenoxy) is 1. The molecule has 3 aromatic carbocycles. The Hall–Kier alpha value is -5.25. The van der Waals surface area contributed by atoms with Gasteiger partial charge in [-0.3, -0.25) is 19.7 Å². The molecule has 0 spiro atoms. The van der Waals surface area contributed by atoms with E-state index in [-0.39, 0.29) is 34.6 Å². The highest BCUT2D eigenvalue weighted by Gasteiger charge is 2.40. The van der Waals surface area contributed by atoms with Crippen molar-refractivity contribution in [3.05, 3.63) is 134 Å². The minimum atomic E-state index is -0.958.